The zero-order chi connectivity index (χ0) is 29.0. The minimum absolute atomic E-state index is 0.697. The van der Waals surface area contributed by atoms with E-state index in [4.69, 9.17) is 14.4 Å². The summed E-state index contributed by atoms with van der Waals surface area (Å²) < 4.78 is 8.88. The van der Waals surface area contributed by atoms with Gasteiger partial charge in [-0.25, -0.2) is 9.97 Å². The molecule has 0 amide bonds. The summed E-state index contributed by atoms with van der Waals surface area (Å²) in [6.45, 7) is 0. The van der Waals surface area contributed by atoms with Crippen LogP contribution in [0.15, 0.2) is 156 Å². The molecule has 0 aliphatic heterocycles. The summed E-state index contributed by atoms with van der Waals surface area (Å²) in [4.78, 5) is 10.2. The van der Waals surface area contributed by atoms with Crippen molar-refractivity contribution in [3.63, 3.8) is 0 Å². The van der Waals surface area contributed by atoms with Crippen molar-refractivity contribution in [1.29, 1.82) is 0 Å². The van der Waals surface area contributed by atoms with Crippen molar-refractivity contribution in [1.82, 2.24) is 14.5 Å². The van der Waals surface area contributed by atoms with Crippen LogP contribution in [-0.2, 0) is 0 Å². The summed E-state index contributed by atoms with van der Waals surface area (Å²) in [6, 6.07) is 52.4. The maximum Gasteiger partial charge on any atom is 0.160 e. The normalized spacial score (nSPS) is 11.6. The molecule has 3 heterocycles. The molecule has 0 radical (unpaired) electrons. The lowest BCUT2D eigenvalue weighted by molar-refractivity contribution is 0.673. The quantitative estimate of drug-likeness (QED) is 0.214. The van der Waals surface area contributed by atoms with Gasteiger partial charge in [-0.2, -0.15) is 0 Å². The first kappa shape index (κ1) is 24.6. The molecule has 0 unspecified atom stereocenters. The van der Waals surface area contributed by atoms with Crippen molar-refractivity contribution in [2.75, 3.05) is 0 Å². The number of hydrogen-bond acceptors (Lipinski definition) is 3. The maximum absolute atomic E-state index is 6.53. The molecule has 0 saturated heterocycles. The highest BCUT2D eigenvalue weighted by atomic mass is 16.3. The fourth-order valence-electron chi connectivity index (χ4n) is 6.44. The molecule has 44 heavy (non-hydrogen) atoms. The van der Waals surface area contributed by atoms with Crippen LogP contribution >= 0.6 is 0 Å². The molecule has 4 nitrogen and oxygen atoms in total. The molecule has 4 heteroatoms. The summed E-state index contributed by atoms with van der Waals surface area (Å²) in [5.74, 6) is 0.697. The smallest absolute Gasteiger partial charge is 0.160 e. The van der Waals surface area contributed by atoms with E-state index in [0.717, 1.165) is 77.5 Å². The molecule has 0 spiro atoms. The van der Waals surface area contributed by atoms with Gasteiger partial charge in [0.15, 0.2) is 5.82 Å². The number of furan rings is 1. The Balaban J connectivity index is 1.34. The topological polar surface area (TPSA) is 43.9 Å². The van der Waals surface area contributed by atoms with Gasteiger partial charge in [-0.05, 0) is 36.4 Å². The third kappa shape index (κ3) is 3.78. The number of nitrogens with zero attached hydrogens (tertiary/aromatic N) is 3. The predicted octanol–water partition coefficient (Wildman–Crippen LogP) is 10.5. The van der Waals surface area contributed by atoms with E-state index in [1.807, 2.05) is 48.5 Å². The monoisotopic (exact) mass is 563 g/mol. The lowest BCUT2D eigenvalue weighted by Crippen LogP contribution is -2.00. The highest BCUT2D eigenvalue weighted by Crippen LogP contribution is 2.42. The molecular formula is C40H25N3O. The second kappa shape index (κ2) is 9.79. The Morgan fingerprint density at radius 1 is 0.477 bits per heavy atom. The number of rotatable bonds is 4. The van der Waals surface area contributed by atoms with Gasteiger partial charge in [0.05, 0.1) is 33.5 Å². The Labute approximate surface area is 253 Å². The average Bonchev–Trinajstić information content (AvgIpc) is 3.65. The molecule has 0 atom stereocenters. The van der Waals surface area contributed by atoms with E-state index in [0.29, 0.717) is 5.82 Å². The Hall–Kier alpha value is -6.00. The molecular weight excluding hydrogens is 538 g/mol. The highest BCUT2D eigenvalue weighted by molar-refractivity contribution is 6.24. The summed E-state index contributed by atoms with van der Waals surface area (Å²) in [6.07, 6.45) is 0. The van der Waals surface area contributed by atoms with E-state index in [-0.39, 0.29) is 0 Å². The zero-order valence-corrected chi connectivity index (χ0v) is 23.7. The van der Waals surface area contributed by atoms with Crippen molar-refractivity contribution in [2.45, 2.75) is 0 Å². The van der Waals surface area contributed by atoms with Crippen molar-refractivity contribution in [3.8, 4) is 39.6 Å². The van der Waals surface area contributed by atoms with Gasteiger partial charge >= 0.3 is 0 Å². The molecule has 0 aliphatic carbocycles. The second-order valence-corrected chi connectivity index (χ2v) is 11.0. The number of para-hydroxylation sites is 3. The molecule has 6 aromatic carbocycles. The molecule has 0 N–H and O–H groups in total. The molecule has 3 aromatic heterocycles. The van der Waals surface area contributed by atoms with Crippen LogP contribution in [0.4, 0.5) is 0 Å². The van der Waals surface area contributed by atoms with Gasteiger partial charge in [0.2, 0.25) is 0 Å². The first-order valence-corrected chi connectivity index (χ1v) is 14.8. The standard InChI is InChI=1S/C40H25N3O/c1-3-13-26(14-4-1)32-25-33(42-40(41-32)27-15-5-2-6-16-27)30-18-7-10-20-34(30)43-35-21-11-8-19-31(35)38-36(43)24-23-29-28-17-9-12-22-37(28)44-39(29)38/h1-25H. The van der Waals surface area contributed by atoms with Crippen molar-refractivity contribution >= 4 is 43.7 Å². The zero-order valence-electron chi connectivity index (χ0n) is 23.7. The van der Waals surface area contributed by atoms with E-state index >= 15 is 0 Å². The highest BCUT2D eigenvalue weighted by Gasteiger charge is 2.21. The first-order chi connectivity index (χ1) is 21.8. The SMILES string of the molecule is c1ccc(-c2cc(-c3ccccc3-n3c4ccccc4c4c5oc6ccccc6c5ccc43)nc(-c3ccccc3)n2)cc1. The summed E-state index contributed by atoms with van der Waals surface area (Å²) >= 11 is 0. The lowest BCUT2D eigenvalue weighted by atomic mass is 10.0. The van der Waals surface area contributed by atoms with E-state index in [2.05, 4.69) is 108 Å². The van der Waals surface area contributed by atoms with E-state index in [9.17, 15) is 0 Å². The fraction of sp³-hybridized carbons (Fsp3) is 0. The Kier molecular flexibility index (Phi) is 5.47. The van der Waals surface area contributed by atoms with Gasteiger partial charge < -0.3 is 8.98 Å². The van der Waals surface area contributed by atoms with Gasteiger partial charge in [-0.1, -0.05) is 115 Å². The van der Waals surface area contributed by atoms with Gasteiger partial charge in [-0.15, -0.1) is 0 Å². The van der Waals surface area contributed by atoms with Gasteiger partial charge in [-0.3, -0.25) is 0 Å². The molecule has 206 valence electrons. The van der Waals surface area contributed by atoms with Crippen molar-refractivity contribution < 1.29 is 4.42 Å². The number of aromatic nitrogens is 3. The third-order valence-corrected chi connectivity index (χ3v) is 8.43. The summed E-state index contributed by atoms with van der Waals surface area (Å²) in [5, 5.41) is 4.52. The molecule has 0 fully saturated rings. The number of fused-ring (bicyclic) bond motifs is 7. The van der Waals surface area contributed by atoms with E-state index in [1.54, 1.807) is 0 Å². The minimum Gasteiger partial charge on any atom is -0.455 e. The molecule has 0 saturated carbocycles. The minimum atomic E-state index is 0.697. The Morgan fingerprint density at radius 3 is 1.98 bits per heavy atom. The van der Waals surface area contributed by atoms with Crippen LogP contribution in [0.3, 0.4) is 0 Å². The van der Waals surface area contributed by atoms with E-state index < -0.39 is 0 Å². The van der Waals surface area contributed by atoms with E-state index in [1.165, 1.54) is 0 Å². The maximum atomic E-state index is 6.53. The Bertz CT molecular complexity index is 2430. The number of benzene rings is 6. The molecule has 0 bridgehead atoms. The van der Waals surface area contributed by atoms with Crippen LogP contribution in [0.25, 0.3) is 83.3 Å². The van der Waals surface area contributed by atoms with Crippen molar-refractivity contribution in [2.24, 2.45) is 0 Å². The molecule has 9 aromatic rings. The number of hydrogen-bond donors (Lipinski definition) is 0. The first-order valence-electron chi connectivity index (χ1n) is 14.8. The average molecular weight is 564 g/mol. The molecule has 0 aliphatic rings. The van der Waals surface area contributed by atoms with Gasteiger partial charge in [0.25, 0.3) is 0 Å². The molecule has 9 rings (SSSR count). The summed E-state index contributed by atoms with van der Waals surface area (Å²) in [7, 11) is 0. The summed E-state index contributed by atoms with van der Waals surface area (Å²) in [5.41, 5.74) is 9.87. The van der Waals surface area contributed by atoms with Crippen LogP contribution in [0.1, 0.15) is 0 Å². The van der Waals surface area contributed by atoms with Crippen LogP contribution in [0.5, 0.6) is 0 Å². The van der Waals surface area contributed by atoms with Crippen LogP contribution in [0.2, 0.25) is 0 Å². The van der Waals surface area contributed by atoms with Gasteiger partial charge in [0, 0.05) is 32.8 Å². The van der Waals surface area contributed by atoms with Gasteiger partial charge in [0.1, 0.15) is 11.2 Å². The lowest BCUT2D eigenvalue weighted by Gasteiger charge is -2.15. The van der Waals surface area contributed by atoms with Crippen molar-refractivity contribution in [3.05, 3.63) is 152 Å². The predicted molar refractivity (Wildman–Crippen MR) is 180 cm³/mol. The van der Waals surface area contributed by atoms with Crippen LogP contribution < -0.4 is 0 Å². The van der Waals surface area contributed by atoms with Crippen LogP contribution in [0, 0.1) is 0 Å². The Morgan fingerprint density at radius 2 is 1.14 bits per heavy atom. The van der Waals surface area contributed by atoms with Crippen LogP contribution in [-0.4, -0.2) is 14.5 Å². The third-order valence-electron chi connectivity index (χ3n) is 8.43. The largest absolute Gasteiger partial charge is 0.455 e. The second-order valence-electron chi connectivity index (χ2n) is 11.0. The fourth-order valence-corrected chi connectivity index (χ4v) is 6.44.